The van der Waals surface area contributed by atoms with Crippen molar-refractivity contribution >= 4 is 11.6 Å². The molecule has 1 heterocycles. The van der Waals surface area contributed by atoms with E-state index in [4.69, 9.17) is 0 Å². The van der Waals surface area contributed by atoms with Crippen LogP contribution < -0.4 is 5.32 Å². The lowest BCUT2D eigenvalue weighted by Gasteiger charge is -2.18. The Morgan fingerprint density at radius 1 is 1.26 bits per heavy atom. The molecule has 3 unspecified atom stereocenters. The van der Waals surface area contributed by atoms with Crippen LogP contribution in [-0.4, -0.2) is 42.2 Å². The summed E-state index contributed by atoms with van der Waals surface area (Å²) in [5, 5.41) is 12.9. The number of fused-ring (bicyclic) bond motifs is 1. The van der Waals surface area contributed by atoms with Crippen LogP contribution in [0, 0.1) is 11.8 Å². The molecule has 1 saturated heterocycles. The summed E-state index contributed by atoms with van der Waals surface area (Å²) in [7, 11) is 1.86. The normalized spacial score (nSPS) is 29.4. The summed E-state index contributed by atoms with van der Waals surface area (Å²) >= 11 is 0. The van der Waals surface area contributed by atoms with E-state index in [2.05, 4.69) is 5.32 Å². The van der Waals surface area contributed by atoms with Crippen LogP contribution >= 0.6 is 0 Å². The Bertz CT molecular complexity index is 472. The molecule has 4 nitrogen and oxygen atoms in total. The summed E-state index contributed by atoms with van der Waals surface area (Å²) in [6, 6.07) is 7.55. The average molecular weight is 260 g/mol. The van der Waals surface area contributed by atoms with Crippen molar-refractivity contribution in [3.63, 3.8) is 0 Å². The lowest BCUT2D eigenvalue weighted by Crippen LogP contribution is -2.31. The second-order valence-corrected chi connectivity index (χ2v) is 5.61. The summed E-state index contributed by atoms with van der Waals surface area (Å²) in [4.78, 5) is 14.3. The van der Waals surface area contributed by atoms with E-state index in [1.807, 2.05) is 36.2 Å². The minimum absolute atomic E-state index is 0.0873. The molecule has 1 aliphatic carbocycles. The van der Waals surface area contributed by atoms with Crippen molar-refractivity contribution in [2.75, 3.05) is 25.5 Å². The number of aliphatic hydroxyl groups excluding tert-OH is 1. The summed E-state index contributed by atoms with van der Waals surface area (Å²) in [6.45, 7) is 1.51. The summed E-state index contributed by atoms with van der Waals surface area (Å²) < 4.78 is 0. The van der Waals surface area contributed by atoms with Gasteiger partial charge in [-0.25, -0.2) is 0 Å². The summed E-state index contributed by atoms with van der Waals surface area (Å²) in [5.74, 6) is 0.875. The topological polar surface area (TPSA) is 52.6 Å². The number of carbonyl (C=O) groups excluding carboxylic acids is 1. The molecule has 4 heteroatoms. The molecule has 1 aliphatic heterocycles. The lowest BCUT2D eigenvalue weighted by atomic mass is 10.00. The maximum absolute atomic E-state index is 12.4. The number of aliphatic hydroxyl groups is 1. The number of nitrogens with zero attached hydrogens (tertiary/aromatic N) is 1. The highest BCUT2D eigenvalue weighted by atomic mass is 16.3. The minimum Gasteiger partial charge on any atom is -0.393 e. The van der Waals surface area contributed by atoms with Crippen molar-refractivity contribution in [1.29, 1.82) is 0 Å². The van der Waals surface area contributed by atoms with Crippen molar-refractivity contribution in [3.8, 4) is 0 Å². The zero-order chi connectivity index (χ0) is 13.4. The third-order valence-corrected chi connectivity index (χ3v) is 4.53. The van der Waals surface area contributed by atoms with Gasteiger partial charge in [-0.3, -0.25) is 4.79 Å². The zero-order valence-electron chi connectivity index (χ0n) is 11.2. The average Bonchev–Trinajstić information content (AvgIpc) is 3.01. The molecule has 1 amide bonds. The fraction of sp³-hybridized carbons (Fsp3) is 0.533. The molecule has 19 heavy (non-hydrogen) atoms. The highest BCUT2D eigenvalue weighted by molar-refractivity contribution is 5.94. The van der Waals surface area contributed by atoms with Crippen LogP contribution in [0.15, 0.2) is 24.3 Å². The third-order valence-electron chi connectivity index (χ3n) is 4.53. The fourth-order valence-electron chi connectivity index (χ4n) is 3.36. The molecule has 2 N–H and O–H groups in total. The van der Waals surface area contributed by atoms with Crippen LogP contribution in [0.25, 0.3) is 0 Å². The zero-order valence-corrected chi connectivity index (χ0v) is 11.2. The van der Waals surface area contributed by atoms with E-state index in [0.717, 1.165) is 30.6 Å². The van der Waals surface area contributed by atoms with Crippen LogP contribution in [0.3, 0.4) is 0 Å². The van der Waals surface area contributed by atoms with Gasteiger partial charge in [-0.05, 0) is 43.0 Å². The van der Waals surface area contributed by atoms with Crippen molar-refractivity contribution in [2.24, 2.45) is 11.8 Å². The molecule has 0 bridgehead atoms. The predicted molar refractivity (Wildman–Crippen MR) is 74.1 cm³/mol. The van der Waals surface area contributed by atoms with E-state index in [1.54, 1.807) is 0 Å². The van der Waals surface area contributed by atoms with Gasteiger partial charge < -0.3 is 15.3 Å². The number of rotatable bonds is 2. The van der Waals surface area contributed by atoms with E-state index < -0.39 is 0 Å². The van der Waals surface area contributed by atoms with Gasteiger partial charge in [0.05, 0.1) is 6.10 Å². The minimum atomic E-state index is -0.213. The lowest BCUT2D eigenvalue weighted by molar-refractivity contribution is 0.0752. The molecule has 3 atom stereocenters. The molecule has 1 saturated carbocycles. The first-order chi connectivity index (χ1) is 9.19. The van der Waals surface area contributed by atoms with Crippen LogP contribution in [0.5, 0.6) is 0 Å². The maximum Gasteiger partial charge on any atom is 0.253 e. The SMILES string of the molecule is CNc1ccc(C(=O)N2CC3CCC(O)C3C2)cc1. The number of carbonyl (C=O) groups is 1. The van der Waals surface area contributed by atoms with Crippen molar-refractivity contribution < 1.29 is 9.90 Å². The fourth-order valence-corrected chi connectivity index (χ4v) is 3.36. The number of anilines is 1. The smallest absolute Gasteiger partial charge is 0.253 e. The molecule has 1 aromatic rings. The van der Waals surface area contributed by atoms with Gasteiger partial charge >= 0.3 is 0 Å². The second-order valence-electron chi connectivity index (χ2n) is 5.61. The van der Waals surface area contributed by atoms with Gasteiger partial charge in [0.1, 0.15) is 0 Å². The molecule has 0 radical (unpaired) electrons. The number of amides is 1. The monoisotopic (exact) mass is 260 g/mol. The van der Waals surface area contributed by atoms with Gasteiger partial charge in [-0.1, -0.05) is 0 Å². The van der Waals surface area contributed by atoms with Crippen molar-refractivity contribution in [2.45, 2.75) is 18.9 Å². The van der Waals surface area contributed by atoms with E-state index in [0.29, 0.717) is 18.4 Å². The Morgan fingerprint density at radius 2 is 2.00 bits per heavy atom. The van der Waals surface area contributed by atoms with E-state index in [-0.39, 0.29) is 12.0 Å². The highest BCUT2D eigenvalue weighted by Gasteiger charge is 2.43. The molecule has 102 valence electrons. The first-order valence-corrected chi connectivity index (χ1v) is 6.94. The Balaban J connectivity index is 1.71. The van der Waals surface area contributed by atoms with Crippen LogP contribution in [0.4, 0.5) is 5.69 Å². The molecule has 2 fully saturated rings. The molecule has 0 aromatic heterocycles. The van der Waals surface area contributed by atoms with Crippen LogP contribution in [0.2, 0.25) is 0 Å². The Kier molecular flexibility index (Phi) is 3.19. The molecular formula is C15H20N2O2. The van der Waals surface area contributed by atoms with Gasteiger partial charge in [0, 0.05) is 37.3 Å². The molecule has 3 rings (SSSR count). The quantitative estimate of drug-likeness (QED) is 0.848. The molecule has 1 aromatic carbocycles. The largest absolute Gasteiger partial charge is 0.393 e. The Morgan fingerprint density at radius 3 is 2.63 bits per heavy atom. The summed E-state index contributed by atoms with van der Waals surface area (Å²) in [6.07, 6.45) is 1.73. The first kappa shape index (κ1) is 12.5. The van der Waals surface area contributed by atoms with Gasteiger partial charge in [0.15, 0.2) is 0 Å². The summed E-state index contributed by atoms with van der Waals surface area (Å²) in [5.41, 5.74) is 1.73. The Hall–Kier alpha value is -1.55. The van der Waals surface area contributed by atoms with Crippen LogP contribution in [0.1, 0.15) is 23.2 Å². The maximum atomic E-state index is 12.4. The molecule has 2 aliphatic rings. The second kappa shape index (κ2) is 4.85. The van der Waals surface area contributed by atoms with Crippen molar-refractivity contribution in [1.82, 2.24) is 4.90 Å². The third kappa shape index (κ3) is 2.21. The molecular weight excluding hydrogens is 240 g/mol. The number of hydrogen-bond acceptors (Lipinski definition) is 3. The van der Waals surface area contributed by atoms with Crippen LogP contribution in [-0.2, 0) is 0 Å². The standard InChI is InChI=1S/C15H20N2O2/c1-16-12-5-2-10(3-6-12)15(19)17-8-11-4-7-14(18)13(11)9-17/h2-3,5-6,11,13-14,16,18H,4,7-9H2,1H3. The number of nitrogens with one attached hydrogen (secondary N) is 1. The first-order valence-electron chi connectivity index (χ1n) is 6.94. The Labute approximate surface area is 113 Å². The van der Waals surface area contributed by atoms with Crippen molar-refractivity contribution in [3.05, 3.63) is 29.8 Å². The van der Waals surface area contributed by atoms with E-state index in [1.165, 1.54) is 0 Å². The number of likely N-dealkylation sites (tertiary alicyclic amines) is 1. The molecule has 0 spiro atoms. The predicted octanol–water partition coefficient (Wildman–Crippen LogP) is 1.57. The highest BCUT2D eigenvalue weighted by Crippen LogP contribution is 2.38. The van der Waals surface area contributed by atoms with Gasteiger partial charge in [0.25, 0.3) is 5.91 Å². The number of hydrogen-bond donors (Lipinski definition) is 2. The number of benzene rings is 1. The van der Waals surface area contributed by atoms with Gasteiger partial charge in [-0.2, -0.15) is 0 Å². The van der Waals surface area contributed by atoms with Gasteiger partial charge in [-0.15, -0.1) is 0 Å². The van der Waals surface area contributed by atoms with E-state index >= 15 is 0 Å². The van der Waals surface area contributed by atoms with Gasteiger partial charge in [0.2, 0.25) is 0 Å². The van der Waals surface area contributed by atoms with E-state index in [9.17, 15) is 9.90 Å².